The lowest BCUT2D eigenvalue weighted by molar-refractivity contribution is -0.137. The molecule has 0 bridgehead atoms. The van der Waals surface area contributed by atoms with E-state index in [0.717, 1.165) is 11.1 Å². The summed E-state index contributed by atoms with van der Waals surface area (Å²) in [4.78, 5) is 27.6. The second kappa shape index (κ2) is 11.6. The molecule has 1 aliphatic rings. The Balaban J connectivity index is 1.68. The Morgan fingerprint density at radius 3 is 2.06 bits per heavy atom. The van der Waals surface area contributed by atoms with Crippen LogP contribution in [0.25, 0.3) is 0 Å². The molecule has 0 unspecified atom stereocenters. The fraction of sp³-hybridized carbons (Fsp3) is 0.172. The zero-order chi connectivity index (χ0) is 25.5. The number of carbonyl (C=O) groups is 2. The number of carbonyl (C=O) groups excluding carboxylic acids is 2. The second-order valence-electron chi connectivity index (χ2n) is 8.23. The second-order valence-corrected chi connectivity index (χ2v) is 8.67. The number of nitrogens with zero attached hydrogens (tertiary/aromatic N) is 1. The molecule has 1 aliphatic heterocycles. The number of halogens is 1. The summed E-state index contributed by atoms with van der Waals surface area (Å²) >= 11 is 6.01. The van der Waals surface area contributed by atoms with Gasteiger partial charge in [0, 0.05) is 24.0 Å². The van der Waals surface area contributed by atoms with Crippen LogP contribution >= 0.6 is 11.6 Å². The highest BCUT2D eigenvalue weighted by Crippen LogP contribution is 2.38. The molecule has 0 atom stereocenters. The van der Waals surface area contributed by atoms with Gasteiger partial charge in [-0.3, -0.25) is 0 Å². The molecule has 6 nitrogen and oxygen atoms in total. The number of hydrogen-bond donors (Lipinski definition) is 0. The highest BCUT2D eigenvalue weighted by Gasteiger charge is 2.35. The first-order valence-corrected chi connectivity index (χ1v) is 11.7. The standard InChI is InChI=1S/C29H26ClNO5/c1-34-28(32)25-17-31(16-20-11-13-23(30)14-12-20)18-26(29(33)35-2)27(25)22-9-6-10-24(15-22)36-19-21-7-4-3-5-8-21/h3-15,17-18,27H,16,19H2,1-2H3. The number of esters is 2. The molecule has 0 radical (unpaired) electrons. The first-order valence-electron chi connectivity index (χ1n) is 11.4. The third-order valence-corrected chi connectivity index (χ3v) is 6.04. The molecule has 0 amide bonds. The van der Waals surface area contributed by atoms with E-state index in [1.165, 1.54) is 14.2 Å². The minimum Gasteiger partial charge on any atom is -0.489 e. The van der Waals surface area contributed by atoms with E-state index in [-0.39, 0.29) is 0 Å². The summed E-state index contributed by atoms with van der Waals surface area (Å²) in [7, 11) is 2.64. The van der Waals surface area contributed by atoms with Crippen LogP contribution in [0.4, 0.5) is 0 Å². The van der Waals surface area contributed by atoms with Gasteiger partial charge in [0.15, 0.2) is 0 Å². The van der Waals surface area contributed by atoms with Crippen LogP contribution in [0.3, 0.4) is 0 Å². The molecule has 0 N–H and O–H groups in total. The molecule has 3 aromatic carbocycles. The summed E-state index contributed by atoms with van der Waals surface area (Å²) in [6.07, 6.45) is 3.41. The molecule has 0 saturated heterocycles. The van der Waals surface area contributed by atoms with Crippen molar-refractivity contribution in [2.75, 3.05) is 14.2 Å². The zero-order valence-electron chi connectivity index (χ0n) is 20.0. The number of methoxy groups -OCH3 is 2. The van der Waals surface area contributed by atoms with Gasteiger partial charge in [0.25, 0.3) is 0 Å². The number of hydrogen-bond acceptors (Lipinski definition) is 6. The molecule has 0 aliphatic carbocycles. The van der Waals surface area contributed by atoms with Gasteiger partial charge in [-0.05, 0) is 41.0 Å². The lowest BCUT2D eigenvalue weighted by Crippen LogP contribution is -2.28. The topological polar surface area (TPSA) is 65.1 Å². The molecule has 36 heavy (non-hydrogen) atoms. The third kappa shape index (κ3) is 5.96. The molecule has 0 fully saturated rings. The van der Waals surface area contributed by atoms with E-state index in [4.69, 9.17) is 25.8 Å². The molecular weight excluding hydrogens is 478 g/mol. The summed E-state index contributed by atoms with van der Waals surface area (Å²) in [5.74, 6) is -1.14. The first-order chi connectivity index (χ1) is 17.5. The Morgan fingerprint density at radius 1 is 0.806 bits per heavy atom. The first kappa shape index (κ1) is 25.1. The summed E-state index contributed by atoms with van der Waals surface area (Å²) in [5.41, 5.74) is 3.32. The van der Waals surface area contributed by atoms with Crippen molar-refractivity contribution < 1.29 is 23.8 Å². The maximum atomic E-state index is 12.9. The van der Waals surface area contributed by atoms with Crippen molar-refractivity contribution in [1.29, 1.82) is 0 Å². The van der Waals surface area contributed by atoms with Crippen LogP contribution in [0.5, 0.6) is 5.75 Å². The van der Waals surface area contributed by atoms with Crippen molar-refractivity contribution in [3.63, 3.8) is 0 Å². The van der Waals surface area contributed by atoms with Crippen LogP contribution < -0.4 is 4.74 Å². The van der Waals surface area contributed by atoms with Gasteiger partial charge < -0.3 is 19.1 Å². The van der Waals surface area contributed by atoms with Gasteiger partial charge in [-0.2, -0.15) is 0 Å². The van der Waals surface area contributed by atoms with Crippen LogP contribution in [0, 0.1) is 0 Å². The van der Waals surface area contributed by atoms with Crippen molar-refractivity contribution in [2.24, 2.45) is 0 Å². The predicted molar refractivity (Wildman–Crippen MR) is 137 cm³/mol. The summed E-state index contributed by atoms with van der Waals surface area (Å²) in [5, 5.41) is 0.628. The van der Waals surface area contributed by atoms with E-state index >= 15 is 0 Å². The molecule has 0 aromatic heterocycles. The summed E-state index contributed by atoms with van der Waals surface area (Å²) in [6.45, 7) is 0.814. The van der Waals surface area contributed by atoms with Crippen molar-refractivity contribution in [1.82, 2.24) is 4.90 Å². The Hall–Kier alpha value is -4.03. The molecule has 3 aromatic rings. The van der Waals surface area contributed by atoms with E-state index in [9.17, 15) is 9.59 Å². The quantitative estimate of drug-likeness (QED) is 0.371. The highest BCUT2D eigenvalue weighted by atomic mass is 35.5. The molecule has 0 saturated carbocycles. The highest BCUT2D eigenvalue weighted by molar-refractivity contribution is 6.30. The Bertz CT molecular complexity index is 1250. The number of ether oxygens (including phenoxy) is 3. The predicted octanol–water partition coefficient (Wildman–Crippen LogP) is 5.63. The third-order valence-electron chi connectivity index (χ3n) is 5.79. The largest absolute Gasteiger partial charge is 0.489 e. The molecule has 4 rings (SSSR count). The van der Waals surface area contributed by atoms with E-state index in [2.05, 4.69) is 0 Å². The molecule has 184 valence electrons. The van der Waals surface area contributed by atoms with Gasteiger partial charge in [0.2, 0.25) is 0 Å². The van der Waals surface area contributed by atoms with Crippen molar-refractivity contribution >= 4 is 23.5 Å². The molecular formula is C29H26ClNO5. The maximum Gasteiger partial charge on any atom is 0.336 e. The van der Waals surface area contributed by atoms with Gasteiger partial charge in [-0.25, -0.2) is 9.59 Å². The maximum absolute atomic E-state index is 12.9. The van der Waals surface area contributed by atoms with Crippen molar-refractivity contribution in [2.45, 2.75) is 19.1 Å². The van der Waals surface area contributed by atoms with Crippen LogP contribution in [-0.2, 0) is 32.2 Å². The average molecular weight is 504 g/mol. The van der Waals surface area contributed by atoms with Crippen LogP contribution in [-0.4, -0.2) is 31.1 Å². The fourth-order valence-electron chi connectivity index (χ4n) is 4.06. The van der Waals surface area contributed by atoms with E-state index in [0.29, 0.717) is 40.6 Å². The summed E-state index contributed by atoms with van der Waals surface area (Å²) in [6, 6.07) is 24.5. The van der Waals surface area contributed by atoms with Crippen molar-refractivity contribution in [3.05, 3.63) is 124 Å². The molecule has 0 spiro atoms. The monoisotopic (exact) mass is 503 g/mol. The summed E-state index contributed by atoms with van der Waals surface area (Å²) < 4.78 is 16.2. The van der Waals surface area contributed by atoms with Gasteiger partial charge in [0.05, 0.1) is 31.3 Å². The van der Waals surface area contributed by atoms with Crippen LogP contribution in [0.2, 0.25) is 5.02 Å². The van der Waals surface area contributed by atoms with E-state index in [1.54, 1.807) is 29.4 Å². The number of benzene rings is 3. The number of rotatable bonds is 8. The lowest BCUT2D eigenvalue weighted by Gasteiger charge is -2.30. The minimum atomic E-state index is -0.688. The normalized spacial score (nSPS) is 13.5. The zero-order valence-corrected chi connectivity index (χ0v) is 20.8. The van der Waals surface area contributed by atoms with Gasteiger partial charge >= 0.3 is 11.9 Å². The SMILES string of the molecule is COC(=O)C1=CN(Cc2ccc(Cl)cc2)C=C(C(=O)OC)C1c1cccc(OCc2ccccc2)c1. The van der Waals surface area contributed by atoms with Crippen LogP contribution in [0.1, 0.15) is 22.6 Å². The molecule has 1 heterocycles. The smallest absolute Gasteiger partial charge is 0.336 e. The molecule has 7 heteroatoms. The Kier molecular flexibility index (Phi) is 8.08. The minimum absolute atomic E-state index is 0.314. The fourth-order valence-corrected chi connectivity index (χ4v) is 4.19. The van der Waals surface area contributed by atoms with Crippen molar-refractivity contribution in [3.8, 4) is 5.75 Å². The Morgan fingerprint density at radius 2 is 1.44 bits per heavy atom. The lowest BCUT2D eigenvalue weighted by atomic mass is 9.83. The average Bonchev–Trinajstić information content (AvgIpc) is 2.92. The Labute approximate surface area is 215 Å². The van der Waals surface area contributed by atoms with E-state index in [1.807, 2.05) is 66.7 Å². The van der Waals surface area contributed by atoms with Crippen LogP contribution in [0.15, 0.2) is 102 Å². The van der Waals surface area contributed by atoms with Gasteiger partial charge in [0.1, 0.15) is 12.4 Å². The van der Waals surface area contributed by atoms with E-state index < -0.39 is 17.9 Å². The van der Waals surface area contributed by atoms with Gasteiger partial charge in [-0.15, -0.1) is 0 Å². The van der Waals surface area contributed by atoms with Gasteiger partial charge in [-0.1, -0.05) is 66.2 Å².